The molecule has 1 aromatic carbocycles. The number of nitrogens with zero attached hydrogens (tertiary/aromatic N) is 5. The number of carbonyl (C=O) groups is 2. The fourth-order valence-electron chi connectivity index (χ4n) is 6.00. The molecule has 2 aliphatic heterocycles. The first kappa shape index (κ1) is 22.2. The normalized spacial score (nSPS) is 18.4. The third kappa shape index (κ3) is 3.56. The highest BCUT2D eigenvalue weighted by Crippen LogP contribution is 2.42. The lowest BCUT2D eigenvalue weighted by molar-refractivity contribution is -0.113. The minimum absolute atomic E-state index is 0.0364. The van der Waals surface area contributed by atoms with Crippen LogP contribution >= 0.6 is 0 Å². The minimum atomic E-state index is -0.344. The van der Waals surface area contributed by atoms with E-state index in [0.717, 1.165) is 38.9 Å². The molecule has 2 amide bonds. The number of fused-ring (bicyclic) bond motifs is 1. The van der Waals surface area contributed by atoms with E-state index >= 15 is 4.39 Å². The molecular formula is C28H26FN5O3. The number of rotatable bonds is 2. The van der Waals surface area contributed by atoms with Crippen molar-refractivity contribution < 1.29 is 18.7 Å². The van der Waals surface area contributed by atoms with E-state index in [2.05, 4.69) is 9.55 Å². The standard InChI is InChI=1S/C28H26FN5O3/c29-19-13-18-16-33(28(36)31-9-11-37-12-10-31)8-7-32-17-22(21(14-19)27(18)32)20-4-5-24(35)26(20)23-15-30-25-3-1-2-6-34(23)25/h1-3,6,13-15,17H,4-5,7-12,16H2. The molecular weight excluding hydrogens is 473 g/mol. The first-order valence-electron chi connectivity index (χ1n) is 12.7. The van der Waals surface area contributed by atoms with Crippen molar-refractivity contribution in [2.45, 2.75) is 25.9 Å². The van der Waals surface area contributed by atoms with Crippen LogP contribution in [0.5, 0.6) is 0 Å². The number of carbonyl (C=O) groups excluding carboxylic acids is 2. The number of hydrogen-bond donors (Lipinski definition) is 0. The Morgan fingerprint density at radius 2 is 1.89 bits per heavy atom. The van der Waals surface area contributed by atoms with Gasteiger partial charge in [0.25, 0.3) is 0 Å². The van der Waals surface area contributed by atoms with Gasteiger partial charge in [-0.2, -0.15) is 0 Å². The van der Waals surface area contributed by atoms with Crippen LogP contribution in [0.3, 0.4) is 0 Å². The number of ether oxygens (including phenoxy) is 1. The van der Waals surface area contributed by atoms with Gasteiger partial charge in [0.1, 0.15) is 11.5 Å². The molecule has 0 radical (unpaired) electrons. The van der Waals surface area contributed by atoms with E-state index in [4.69, 9.17) is 4.74 Å². The van der Waals surface area contributed by atoms with E-state index in [0.29, 0.717) is 64.4 Å². The molecule has 9 heteroatoms. The van der Waals surface area contributed by atoms with Gasteiger partial charge in [-0.05, 0) is 41.8 Å². The molecule has 188 valence electrons. The summed E-state index contributed by atoms with van der Waals surface area (Å²) < 4.78 is 24.5. The molecule has 0 spiro atoms. The minimum Gasteiger partial charge on any atom is -0.378 e. The maximum absolute atomic E-state index is 15.0. The van der Waals surface area contributed by atoms with Crippen LogP contribution in [0.25, 0.3) is 27.7 Å². The summed E-state index contributed by atoms with van der Waals surface area (Å²) in [4.78, 5) is 34.5. The molecule has 3 aliphatic rings. The highest BCUT2D eigenvalue weighted by Gasteiger charge is 2.32. The number of pyridine rings is 1. The summed E-state index contributed by atoms with van der Waals surface area (Å²) in [5, 5.41) is 0.784. The van der Waals surface area contributed by atoms with Crippen molar-refractivity contribution in [3.05, 3.63) is 71.6 Å². The summed E-state index contributed by atoms with van der Waals surface area (Å²) in [6.45, 7) is 3.67. The Balaban J connectivity index is 1.34. The first-order chi connectivity index (χ1) is 18.1. The van der Waals surface area contributed by atoms with E-state index in [9.17, 15) is 9.59 Å². The fourth-order valence-corrected chi connectivity index (χ4v) is 6.00. The summed E-state index contributed by atoms with van der Waals surface area (Å²) in [6, 6.07) is 8.81. The van der Waals surface area contributed by atoms with E-state index in [-0.39, 0.29) is 17.6 Å². The molecule has 5 heterocycles. The second-order valence-corrected chi connectivity index (χ2v) is 9.85. The van der Waals surface area contributed by atoms with E-state index in [1.165, 1.54) is 6.07 Å². The topological polar surface area (TPSA) is 72.1 Å². The number of halogens is 1. The number of allylic oxidation sites excluding steroid dienone is 2. The average Bonchev–Trinajstić information content (AvgIpc) is 3.57. The van der Waals surface area contributed by atoms with Crippen LogP contribution < -0.4 is 0 Å². The lowest BCUT2D eigenvalue weighted by atomic mass is 9.98. The van der Waals surface area contributed by atoms with Crippen molar-refractivity contribution >= 4 is 39.5 Å². The molecule has 1 fully saturated rings. The van der Waals surface area contributed by atoms with Crippen molar-refractivity contribution in [1.82, 2.24) is 23.8 Å². The quantitative estimate of drug-likeness (QED) is 0.419. The molecule has 37 heavy (non-hydrogen) atoms. The summed E-state index contributed by atoms with van der Waals surface area (Å²) in [6.07, 6.45) is 6.71. The van der Waals surface area contributed by atoms with Gasteiger partial charge in [0.2, 0.25) is 0 Å². The van der Waals surface area contributed by atoms with E-state index < -0.39 is 0 Å². The van der Waals surface area contributed by atoms with Gasteiger partial charge in [0.05, 0.1) is 30.6 Å². The summed E-state index contributed by atoms with van der Waals surface area (Å²) in [5.74, 6) is -0.268. The molecule has 3 aromatic heterocycles. The van der Waals surface area contributed by atoms with Gasteiger partial charge in [-0.15, -0.1) is 0 Å². The van der Waals surface area contributed by atoms with E-state index in [1.54, 1.807) is 17.2 Å². The molecule has 7 rings (SSSR count). The van der Waals surface area contributed by atoms with Crippen molar-refractivity contribution in [3.63, 3.8) is 0 Å². The smallest absolute Gasteiger partial charge is 0.320 e. The van der Waals surface area contributed by atoms with Gasteiger partial charge < -0.3 is 19.1 Å². The predicted molar refractivity (Wildman–Crippen MR) is 136 cm³/mol. The Kier molecular flexibility index (Phi) is 5.14. The molecule has 4 aromatic rings. The van der Waals surface area contributed by atoms with Crippen LogP contribution in [0.4, 0.5) is 9.18 Å². The van der Waals surface area contributed by atoms with Crippen molar-refractivity contribution in [3.8, 4) is 0 Å². The van der Waals surface area contributed by atoms with Gasteiger partial charge in [-0.3, -0.25) is 9.20 Å². The zero-order chi connectivity index (χ0) is 25.1. The SMILES string of the molecule is O=C1CCC(c2cn3c4c(cc(F)cc24)CN(C(=O)N2CCOCC2)CC3)=C1c1cnc2ccccn12. The lowest BCUT2D eigenvalue weighted by Gasteiger charge is -2.32. The zero-order valence-corrected chi connectivity index (χ0v) is 20.3. The van der Waals surface area contributed by atoms with Crippen LogP contribution in [0.15, 0.2) is 48.9 Å². The summed E-state index contributed by atoms with van der Waals surface area (Å²) in [5.41, 5.74) is 5.72. The molecule has 8 nitrogen and oxygen atoms in total. The summed E-state index contributed by atoms with van der Waals surface area (Å²) >= 11 is 0. The Morgan fingerprint density at radius 1 is 1.03 bits per heavy atom. The number of benzene rings is 1. The third-order valence-corrected chi connectivity index (χ3v) is 7.72. The molecule has 0 atom stereocenters. The van der Waals surface area contributed by atoms with Crippen LogP contribution in [0.1, 0.15) is 29.7 Å². The molecule has 0 unspecified atom stereocenters. The Bertz CT molecular complexity index is 1610. The van der Waals surface area contributed by atoms with E-state index in [1.807, 2.05) is 39.9 Å². The molecule has 1 aliphatic carbocycles. The molecule has 0 N–H and O–H groups in total. The number of amides is 2. The third-order valence-electron chi connectivity index (χ3n) is 7.72. The van der Waals surface area contributed by atoms with Crippen molar-refractivity contribution in [2.75, 3.05) is 32.8 Å². The predicted octanol–water partition coefficient (Wildman–Crippen LogP) is 3.97. The van der Waals surface area contributed by atoms with Gasteiger partial charge in [-0.1, -0.05) is 6.07 Å². The van der Waals surface area contributed by atoms with Crippen LogP contribution in [0.2, 0.25) is 0 Å². The monoisotopic (exact) mass is 499 g/mol. The average molecular weight is 500 g/mol. The molecule has 1 saturated heterocycles. The van der Waals surface area contributed by atoms with Gasteiger partial charge in [-0.25, -0.2) is 14.2 Å². The number of morpholine rings is 1. The van der Waals surface area contributed by atoms with Gasteiger partial charge in [0, 0.05) is 68.1 Å². The Morgan fingerprint density at radius 3 is 2.76 bits per heavy atom. The van der Waals surface area contributed by atoms with Gasteiger partial charge >= 0.3 is 6.03 Å². The zero-order valence-electron chi connectivity index (χ0n) is 20.3. The molecule has 0 saturated carbocycles. The number of ketones is 1. The Labute approximate surface area is 212 Å². The van der Waals surface area contributed by atoms with Crippen LogP contribution in [0, 0.1) is 5.82 Å². The lowest BCUT2D eigenvalue weighted by Crippen LogP contribution is -2.48. The fraction of sp³-hybridized carbons (Fsp3) is 0.321. The maximum Gasteiger partial charge on any atom is 0.320 e. The second kappa shape index (κ2) is 8.55. The largest absolute Gasteiger partial charge is 0.378 e. The van der Waals surface area contributed by atoms with Crippen molar-refractivity contribution in [1.29, 1.82) is 0 Å². The Hall–Kier alpha value is -3.98. The number of imidazole rings is 1. The number of urea groups is 1. The van der Waals surface area contributed by atoms with Crippen LogP contribution in [-0.4, -0.2) is 68.4 Å². The van der Waals surface area contributed by atoms with Crippen LogP contribution in [-0.2, 0) is 22.6 Å². The maximum atomic E-state index is 15.0. The number of hydrogen-bond acceptors (Lipinski definition) is 4. The highest BCUT2D eigenvalue weighted by atomic mass is 19.1. The second-order valence-electron chi connectivity index (χ2n) is 9.85. The highest BCUT2D eigenvalue weighted by molar-refractivity contribution is 6.31. The first-order valence-corrected chi connectivity index (χ1v) is 12.7. The number of aromatic nitrogens is 3. The van der Waals surface area contributed by atoms with Crippen molar-refractivity contribution in [2.24, 2.45) is 0 Å². The molecule has 0 bridgehead atoms. The number of Topliss-reactive ketones (excluding diaryl/α,β-unsaturated/α-hetero) is 1. The van der Waals surface area contributed by atoms with Gasteiger partial charge in [0.15, 0.2) is 5.78 Å². The summed E-state index contributed by atoms with van der Waals surface area (Å²) in [7, 11) is 0.